The second kappa shape index (κ2) is 4.80. The monoisotopic (exact) mass is 287 g/mol. The van der Waals surface area contributed by atoms with E-state index in [2.05, 4.69) is 25.1 Å². The van der Waals surface area contributed by atoms with Crippen LogP contribution >= 0.6 is 23.3 Å². The Hall–Kier alpha value is -2.23. The summed E-state index contributed by atoms with van der Waals surface area (Å²) in [5, 5.41) is 12.6. The van der Waals surface area contributed by atoms with Crippen molar-refractivity contribution in [1.82, 2.24) is 13.7 Å². The van der Waals surface area contributed by atoms with Crippen LogP contribution in [0.15, 0.2) is 30.5 Å². The number of hydrogen-bond donors (Lipinski definition) is 1. The first-order valence-corrected chi connectivity index (χ1v) is 6.43. The zero-order valence-electron chi connectivity index (χ0n) is 9.46. The van der Waals surface area contributed by atoms with Crippen molar-refractivity contribution in [2.24, 2.45) is 0 Å². The van der Waals surface area contributed by atoms with Gasteiger partial charge in [-0.1, -0.05) is 11.6 Å². The molecule has 2 aromatic heterocycles. The summed E-state index contributed by atoms with van der Waals surface area (Å²) in [4.78, 5) is 4.14. The Morgan fingerprint density at radius 3 is 3.00 bits per heavy atom. The van der Waals surface area contributed by atoms with Crippen LogP contribution in [0.5, 0.6) is 0 Å². The molecule has 0 radical (unpaired) electrons. The third-order valence-electron chi connectivity index (χ3n) is 2.55. The van der Waals surface area contributed by atoms with Gasteiger partial charge in [-0.15, -0.1) is 0 Å². The van der Waals surface area contributed by atoms with Gasteiger partial charge in [0.1, 0.15) is 22.9 Å². The molecule has 3 aromatic rings. The lowest BCUT2D eigenvalue weighted by molar-refractivity contribution is 1.29. The molecule has 0 bridgehead atoms. The molecular formula is C12H6ClN5S. The van der Waals surface area contributed by atoms with Crippen molar-refractivity contribution in [2.75, 3.05) is 5.32 Å². The Labute approximate surface area is 117 Å². The Kier molecular flexibility index (Phi) is 2.99. The number of nitrogens with one attached hydrogen (secondary N) is 1. The van der Waals surface area contributed by atoms with Crippen molar-refractivity contribution in [3.8, 4) is 6.07 Å². The van der Waals surface area contributed by atoms with Crippen molar-refractivity contribution in [2.45, 2.75) is 0 Å². The number of nitrogens with zero attached hydrogens (tertiary/aromatic N) is 4. The van der Waals surface area contributed by atoms with Crippen LogP contribution in [0.2, 0.25) is 5.02 Å². The van der Waals surface area contributed by atoms with Gasteiger partial charge in [-0.3, -0.25) is 0 Å². The fourth-order valence-corrected chi connectivity index (χ4v) is 2.40. The number of hydrogen-bond acceptors (Lipinski definition) is 6. The Morgan fingerprint density at radius 2 is 2.16 bits per heavy atom. The summed E-state index contributed by atoms with van der Waals surface area (Å²) in [6, 6.07) is 9.00. The number of fused-ring (bicyclic) bond motifs is 1. The quantitative estimate of drug-likeness (QED) is 0.782. The molecule has 0 saturated heterocycles. The van der Waals surface area contributed by atoms with E-state index in [1.165, 1.54) is 0 Å². The zero-order valence-corrected chi connectivity index (χ0v) is 11.0. The molecule has 0 atom stereocenters. The summed E-state index contributed by atoms with van der Waals surface area (Å²) in [6.07, 6.45) is 1.61. The van der Waals surface area contributed by atoms with Gasteiger partial charge in [0.05, 0.1) is 28.0 Å². The van der Waals surface area contributed by atoms with Gasteiger partial charge in [0.25, 0.3) is 0 Å². The molecule has 0 amide bonds. The number of benzene rings is 1. The van der Waals surface area contributed by atoms with Crippen molar-refractivity contribution >= 4 is 45.9 Å². The van der Waals surface area contributed by atoms with E-state index in [4.69, 9.17) is 16.9 Å². The van der Waals surface area contributed by atoms with E-state index >= 15 is 0 Å². The minimum absolute atomic E-state index is 0.443. The third kappa shape index (κ3) is 2.10. The van der Waals surface area contributed by atoms with Gasteiger partial charge in [0, 0.05) is 6.20 Å². The van der Waals surface area contributed by atoms with Crippen molar-refractivity contribution < 1.29 is 0 Å². The predicted octanol–water partition coefficient (Wildman–Crippen LogP) is 3.35. The minimum atomic E-state index is 0.443. The van der Waals surface area contributed by atoms with E-state index < -0.39 is 0 Å². The van der Waals surface area contributed by atoms with E-state index in [1.54, 1.807) is 30.5 Å². The average molecular weight is 288 g/mol. The maximum absolute atomic E-state index is 9.05. The molecular weight excluding hydrogens is 282 g/mol. The first-order chi connectivity index (χ1) is 9.29. The summed E-state index contributed by atoms with van der Waals surface area (Å²) in [5.74, 6) is 0.451. The summed E-state index contributed by atoms with van der Waals surface area (Å²) in [5.41, 5.74) is 2.49. The summed E-state index contributed by atoms with van der Waals surface area (Å²) >= 11 is 7.28. The van der Waals surface area contributed by atoms with Crippen molar-refractivity contribution in [3.05, 3.63) is 41.0 Å². The highest BCUT2D eigenvalue weighted by molar-refractivity contribution is 7.00. The Balaban J connectivity index is 2.13. The molecule has 19 heavy (non-hydrogen) atoms. The molecule has 0 saturated carbocycles. The third-order valence-corrected chi connectivity index (χ3v) is 3.41. The average Bonchev–Trinajstić information content (AvgIpc) is 2.91. The van der Waals surface area contributed by atoms with Crippen LogP contribution in [0.1, 0.15) is 5.56 Å². The van der Waals surface area contributed by atoms with Crippen LogP contribution in [-0.2, 0) is 0 Å². The van der Waals surface area contributed by atoms with Gasteiger partial charge in [0.2, 0.25) is 0 Å². The smallest absolute Gasteiger partial charge is 0.148 e. The fourth-order valence-electron chi connectivity index (χ4n) is 1.66. The lowest BCUT2D eigenvalue weighted by Gasteiger charge is -2.08. The number of nitriles is 1. The van der Waals surface area contributed by atoms with E-state index in [-0.39, 0.29) is 0 Å². The molecule has 0 unspecified atom stereocenters. The largest absolute Gasteiger partial charge is 0.336 e. The van der Waals surface area contributed by atoms with Crippen molar-refractivity contribution in [3.63, 3.8) is 0 Å². The normalized spacial score (nSPS) is 10.3. The molecule has 2 heterocycles. The van der Waals surface area contributed by atoms with E-state index in [1.807, 2.05) is 0 Å². The molecule has 7 heteroatoms. The number of anilines is 2. The van der Waals surface area contributed by atoms with Crippen LogP contribution < -0.4 is 5.32 Å². The van der Waals surface area contributed by atoms with Crippen LogP contribution in [0.4, 0.5) is 11.5 Å². The second-order valence-corrected chi connectivity index (χ2v) is 4.63. The highest BCUT2D eigenvalue weighted by Gasteiger charge is 2.12. The zero-order chi connectivity index (χ0) is 13.2. The standard InChI is InChI=1S/C12H6ClN5S/c13-8-3-4-9-11(18-19-17-9)10(8)16-12-7(6-14)2-1-5-15-12/h1-5H,(H,15,16). The first kappa shape index (κ1) is 11.8. The molecule has 0 aliphatic heterocycles. The summed E-state index contributed by atoms with van der Waals surface area (Å²) < 4.78 is 8.36. The topological polar surface area (TPSA) is 74.5 Å². The fraction of sp³-hybridized carbons (Fsp3) is 0. The molecule has 0 fully saturated rings. The Morgan fingerprint density at radius 1 is 1.26 bits per heavy atom. The second-order valence-electron chi connectivity index (χ2n) is 3.69. The molecule has 3 rings (SSSR count). The lowest BCUT2D eigenvalue weighted by atomic mass is 10.2. The Bertz CT molecular complexity index is 792. The van der Waals surface area contributed by atoms with Crippen LogP contribution in [0.3, 0.4) is 0 Å². The number of aromatic nitrogens is 3. The molecule has 5 nitrogen and oxygen atoms in total. The molecule has 0 aliphatic carbocycles. The predicted molar refractivity (Wildman–Crippen MR) is 74.7 cm³/mol. The van der Waals surface area contributed by atoms with Crippen LogP contribution in [-0.4, -0.2) is 13.7 Å². The van der Waals surface area contributed by atoms with Crippen LogP contribution in [0.25, 0.3) is 11.0 Å². The van der Waals surface area contributed by atoms with E-state index in [0.29, 0.717) is 27.6 Å². The van der Waals surface area contributed by atoms with Gasteiger partial charge in [0.15, 0.2) is 0 Å². The summed E-state index contributed by atoms with van der Waals surface area (Å²) in [7, 11) is 0. The first-order valence-electron chi connectivity index (χ1n) is 5.32. The lowest BCUT2D eigenvalue weighted by Crippen LogP contribution is -1.98. The van der Waals surface area contributed by atoms with E-state index in [0.717, 1.165) is 17.2 Å². The van der Waals surface area contributed by atoms with Gasteiger partial charge in [-0.25, -0.2) is 4.98 Å². The SMILES string of the molecule is N#Cc1cccnc1Nc1c(Cl)ccc2nsnc12. The molecule has 1 N–H and O–H groups in total. The van der Waals surface area contributed by atoms with Crippen LogP contribution in [0, 0.1) is 11.3 Å². The van der Waals surface area contributed by atoms with Crippen molar-refractivity contribution in [1.29, 1.82) is 5.26 Å². The van der Waals surface area contributed by atoms with Gasteiger partial charge in [-0.2, -0.15) is 14.0 Å². The van der Waals surface area contributed by atoms with Gasteiger partial charge in [-0.05, 0) is 24.3 Å². The molecule has 1 aromatic carbocycles. The highest BCUT2D eigenvalue weighted by Crippen LogP contribution is 2.32. The van der Waals surface area contributed by atoms with Gasteiger partial charge < -0.3 is 5.32 Å². The molecule has 92 valence electrons. The number of halogens is 1. The van der Waals surface area contributed by atoms with Gasteiger partial charge >= 0.3 is 0 Å². The summed E-state index contributed by atoms with van der Waals surface area (Å²) in [6.45, 7) is 0. The molecule has 0 spiro atoms. The minimum Gasteiger partial charge on any atom is -0.336 e. The van der Waals surface area contributed by atoms with E-state index in [9.17, 15) is 0 Å². The maximum atomic E-state index is 9.05. The highest BCUT2D eigenvalue weighted by atomic mass is 35.5. The number of rotatable bonds is 2. The molecule has 0 aliphatic rings. The maximum Gasteiger partial charge on any atom is 0.148 e. The number of pyridine rings is 1.